The first-order valence-corrected chi connectivity index (χ1v) is 10.8. The molecule has 3 rings (SSSR count). The van der Waals surface area contributed by atoms with Gasteiger partial charge in [-0.05, 0) is 32.3 Å². The smallest absolute Gasteiger partial charge is 0.243 e. The maximum atomic E-state index is 12.9. The second-order valence-corrected chi connectivity index (χ2v) is 9.19. The fourth-order valence-electron chi connectivity index (χ4n) is 3.58. The first-order valence-electron chi connectivity index (χ1n) is 8.93. The molecule has 1 atom stereocenters. The van der Waals surface area contributed by atoms with Crippen molar-refractivity contribution in [1.29, 1.82) is 0 Å². The van der Waals surface area contributed by atoms with E-state index in [2.05, 4.69) is 5.32 Å². The van der Waals surface area contributed by atoms with Crippen molar-refractivity contribution in [2.24, 2.45) is 0 Å². The lowest BCUT2D eigenvalue weighted by Gasteiger charge is -2.26. The number of sulfone groups is 1. The Labute approximate surface area is 153 Å². The second kappa shape index (κ2) is 7.23. The average molecular weight is 376 g/mol. The Balaban J connectivity index is 1.86. The number of benzene rings is 1. The van der Waals surface area contributed by atoms with Crippen LogP contribution < -0.4 is 5.32 Å². The second-order valence-electron chi connectivity index (χ2n) is 6.88. The molecule has 26 heavy (non-hydrogen) atoms. The third-order valence-electron chi connectivity index (χ3n) is 5.05. The minimum atomic E-state index is -2.96. The highest BCUT2D eigenvalue weighted by atomic mass is 32.2. The summed E-state index contributed by atoms with van der Waals surface area (Å²) in [7, 11) is -2.96. The summed E-state index contributed by atoms with van der Waals surface area (Å²) in [6.07, 6.45) is 3.24. The first-order chi connectivity index (χ1) is 12.3. The highest BCUT2D eigenvalue weighted by molar-refractivity contribution is 7.91. The molecule has 1 amide bonds. The maximum absolute atomic E-state index is 12.9. The lowest BCUT2D eigenvalue weighted by Crippen LogP contribution is -2.43. The summed E-state index contributed by atoms with van der Waals surface area (Å²) >= 11 is 0. The van der Waals surface area contributed by atoms with Crippen molar-refractivity contribution in [2.75, 3.05) is 11.5 Å². The van der Waals surface area contributed by atoms with Gasteiger partial charge >= 0.3 is 0 Å². The van der Waals surface area contributed by atoms with Crippen LogP contribution in [0, 0.1) is 0 Å². The minimum Gasteiger partial charge on any atom is -0.352 e. The Morgan fingerprint density at radius 2 is 1.88 bits per heavy atom. The van der Waals surface area contributed by atoms with Gasteiger partial charge in [-0.2, -0.15) is 0 Å². The van der Waals surface area contributed by atoms with Crippen LogP contribution >= 0.6 is 0 Å². The average Bonchev–Trinajstić information content (AvgIpc) is 2.97. The fourth-order valence-corrected chi connectivity index (χ4v) is 5.07. The van der Waals surface area contributed by atoms with Crippen molar-refractivity contribution in [2.45, 2.75) is 45.2 Å². The summed E-state index contributed by atoms with van der Waals surface area (Å²) in [4.78, 5) is 24.8. The largest absolute Gasteiger partial charge is 0.352 e. The van der Waals surface area contributed by atoms with Gasteiger partial charge in [0.2, 0.25) is 5.91 Å². The molecule has 0 bridgehead atoms. The predicted octanol–water partition coefficient (Wildman–Crippen LogP) is 2.49. The van der Waals surface area contributed by atoms with Crippen molar-refractivity contribution in [1.82, 2.24) is 9.88 Å². The van der Waals surface area contributed by atoms with E-state index in [0.717, 1.165) is 10.9 Å². The van der Waals surface area contributed by atoms with E-state index < -0.39 is 15.9 Å². The molecule has 1 N–H and O–H groups in total. The van der Waals surface area contributed by atoms with Crippen LogP contribution in [0.1, 0.15) is 49.5 Å². The molecule has 6 nitrogen and oxygen atoms in total. The van der Waals surface area contributed by atoms with Crippen LogP contribution in [-0.2, 0) is 14.6 Å². The monoisotopic (exact) mass is 376 g/mol. The maximum Gasteiger partial charge on any atom is 0.243 e. The van der Waals surface area contributed by atoms with Gasteiger partial charge in [-0.1, -0.05) is 25.1 Å². The number of nitrogens with one attached hydrogen (secondary N) is 1. The predicted molar refractivity (Wildman–Crippen MR) is 101 cm³/mol. The molecule has 1 aromatic carbocycles. The van der Waals surface area contributed by atoms with Gasteiger partial charge in [-0.3, -0.25) is 9.59 Å². The number of para-hydroxylation sites is 1. The van der Waals surface area contributed by atoms with E-state index in [1.807, 2.05) is 35.8 Å². The van der Waals surface area contributed by atoms with Crippen LogP contribution in [0.4, 0.5) is 0 Å². The molecule has 7 heteroatoms. The van der Waals surface area contributed by atoms with E-state index in [-0.39, 0.29) is 29.2 Å². The SMILES string of the molecule is CC[C@H](C(=O)NC1CCS(=O)(=O)CC1)n1cc(C(C)=O)c2ccccc21. The van der Waals surface area contributed by atoms with Crippen LogP contribution in [0.5, 0.6) is 0 Å². The molecular formula is C19H24N2O4S. The standard InChI is InChI=1S/C19H24N2O4S/c1-3-17(19(23)20-14-8-10-26(24,25)11-9-14)21-12-16(13(2)22)15-6-4-5-7-18(15)21/h4-7,12,14,17H,3,8-11H2,1-2H3,(H,20,23)/t17-/m1/s1. The van der Waals surface area contributed by atoms with Crippen LogP contribution in [0.25, 0.3) is 10.9 Å². The van der Waals surface area contributed by atoms with Gasteiger partial charge in [0.25, 0.3) is 0 Å². The van der Waals surface area contributed by atoms with E-state index >= 15 is 0 Å². The number of hydrogen-bond donors (Lipinski definition) is 1. The van der Waals surface area contributed by atoms with Gasteiger partial charge in [0.15, 0.2) is 5.78 Å². The topological polar surface area (TPSA) is 85.2 Å². The van der Waals surface area contributed by atoms with Crippen molar-refractivity contribution < 1.29 is 18.0 Å². The number of ketones is 1. The highest BCUT2D eigenvalue weighted by Gasteiger charge is 2.28. The summed E-state index contributed by atoms with van der Waals surface area (Å²) in [6.45, 7) is 3.45. The van der Waals surface area contributed by atoms with Gasteiger partial charge in [0.1, 0.15) is 15.9 Å². The summed E-state index contributed by atoms with van der Waals surface area (Å²) in [5.74, 6) is 0.0751. The van der Waals surface area contributed by atoms with E-state index in [0.29, 0.717) is 24.8 Å². The Kier molecular flexibility index (Phi) is 5.18. The van der Waals surface area contributed by atoms with E-state index in [4.69, 9.17) is 0 Å². The summed E-state index contributed by atoms with van der Waals surface area (Å²) < 4.78 is 25.0. The zero-order chi connectivity index (χ0) is 18.9. The summed E-state index contributed by atoms with van der Waals surface area (Å²) in [5, 5.41) is 3.84. The van der Waals surface area contributed by atoms with Gasteiger partial charge in [-0.15, -0.1) is 0 Å². The molecule has 1 saturated heterocycles. The molecule has 1 aromatic heterocycles. The Morgan fingerprint density at radius 1 is 1.23 bits per heavy atom. The fraction of sp³-hybridized carbons (Fsp3) is 0.474. The third-order valence-corrected chi connectivity index (χ3v) is 6.76. The highest BCUT2D eigenvalue weighted by Crippen LogP contribution is 2.27. The van der Waals surface area contributed by atoms with Gasteiger partial charge in [0.05, 0.1) is 11.5 Å². The lowest BCUT2D eigenvalue weighted by molar-refractivity contribution is -0.125. The van der Waals surface area contributed by atoms with E-state index in [1.54, 1.807) is 6.20 Å². The van der Waals surface area contributed by atoms with Crippen LogP contribution in [0.15, 0.2) is 30.5 Å². The van der Waals surface area contributed by atoms with Gasteiger partial charge in [-0.25, -0.2) is 8.42 Å². The number of carbonyl (C=O) groups is 2. The van der Waals surface area contributed by atoms with Crippen molar-refractivity contribution >= 4 is 32.4 Å². The number of aromatic nitrogens is 1. The molecule has 0 spiro atoms. The summed E-state index contributed by atoms with van der Waals surface area (Å²) in [5.41, 5.74) is 1.46. The van der Waals surface area contributed by atoms with E-state index in [1.165, 1.54) is 6.92 Å². The van der Waals surface area contributed by atoms with E-state index in [9.17, 15) is 18.0 Å². The Hall–Kier alpha value is -2.15. The van der Waals surface area contributed by atoms with Gasteiger partial charge in [0, 0.05) is 28.7 Å². The van der Waals surface area contributed by atoms with Crippen molar-refractivity contribution in [3.8, 4) is 0 Å². The molecule has 1 aliphatic heterocycles. The third kappa shape index (κ3) is 3.67. The normalized spacial score (nSPS) is 18.5. The molecule has 0 unspecified atom stereocenters. The quantitative estimate of drug-likeness (QED) is 0.813. The molecule has 0 aliphatic carbocycles. The number of amides is 1. The van der Waals surface area contributed by atoms with Crippen molar-refractivity contribution in [3.05, 3.63) is 36.0 Å². The number of hydrogen-bond acceptors (Lipinski definition) is 4. The molecule has 2 aromatic rings. The molecule has 1 aliphatic rings. The molecule has 0 saturated carbocycles. The number of rotatable bonds is 5. The molecule has 2 heterocycles. The number of carbonyl (C=O) groups excluding carboxylic acids is 2. The number of Topliss-reactive ketones (excluding diaryl/α,β-unsaturated/α-hetero) is 1. The van der Waals surface area contributed by atoms with Crippen molar-refractivity contribution in [3.63, 3.8) is 0 Å². The number of fused-ring (bicyclic) bond motifs is 1. The summed E-state index contributed by atoms with van der Waals surface area (Å²) in [6, 6.07) is 7.01. The van der Waals surface area contributed by atoms with Crippen LogP contribution in [0.3, 0.4) is 0 Å². The zero-order valence-corrected chi connectivity index (χ0v) is 15.9. The van der Waals surface area contributed by atoms with Gasteiger partial charge < -0.3 is 9.88 Å². The Bertz CT molecular complexity index is 932. The Morgan fingerprint density at radius 3 is 2.50 bits per heavy atom. The lowest BCUT2D eigenvalue weighted by atomic mass is 10.1. The first kappa shape index (κ1) is 18.6. The van der Waals surface area contributed by atoms with Crippen LogP contribution in [0.2, 0.25) is 0 Å². The molecule has 1 fully saturated rings. The number of nitrogens with zero attached hydrogens (tertiary/aromatic N) is 1. The molecule has 0 radical (unpaired) electrons. The zero-order valence-electron chi connectivity index (χ0n) is 15.1. The minimum absolute atomic E-state index is 0.0345. The molecule has 140 valence electrons. The van der Waals surface area contributed by atoms with Crippen LogP contribution in [-0.4, -0.2) is 42.2 Å². The molecular weight excluding hydrogens is 352 g/mol.